The molecule has 0 aliphatic heterocycles. The summed E-state index contributed by atoms with van der Waals surface area (Å²) in [5.74, 6) is 1.72. The minimum absolute atomic E-state index is 0.821. The summed E-state index contributed by atoms with van der Waals surface area (Å²) in [4.78, 5) is 0. The zero-order chi connectivity index (χ0) is 11.7. The van der Waals surface area contributed by atoms with Gasteiger partial charge in [0, 0.05) is 11.9 Å². The van der Waals surface area contributed by atoms with Gasteiger partial charge in [0.05, 0.1) is 11.7 Å². The van der Waals surface area contributed by atoms with Crippen LogP contribution in [0.3, 0.4) is 0 Å². The highest BCUT2D eigenvalue weighted by Crippen LogP contribution is 2.30. The highest BCUT2D eigenvalue weighted by atomic mass is 15.3. The molecule has 2 unspecified atom stereocenters. The molecule has 2 aromatic rings. The van der Waals surface area contributed by atoms with Gasteiger partial charge in [0.2, 0.25) is 0 Å². The van der Waals surface area contributed by atoms with Crippen molar-refractivity contribution in [1.82, 2.24) is 9.78 Å². The van der Waals surface area contributed by atoms with E-state index >= 15 is 0 Å². The normalized spacial score (nSPS) is 25.2. The van der Waals surface area contributed by atoms with Gasteiger partial charge in [-0.15, -0.1) is 0 Å². The second-order valence-electron chi connectivity index (χ2n) is 5.52. The number of aromatic nitrogens is 2. The van der Waals surface area contributed by atoms with Gasteiger partial charge in [-0.2, -0.15) is 5.10 Å². The van der Waals surface area contributed by atoms with E-state index in [1.807, 2.05) is 6.20 Å². The number of nitrogens with zero attached hydrogens (tertiary/aromatic N) is 2. The summed E-state index contributed by atoms with van der Waals surface area (Å²) in [5.41, 5.74) is 1.28. The first-order valence-corrected chi connectivity index (χ1v) is 6.73. The Morgan fingerprint density at radius 3 is 3.06 bits per heavy atom. The fourth-order valence-corrected chi connectivity index (χ4v) is 3.14. The second-order valence-corrected chi connectivity index (χ2v) is 5.52. The Morgan fingerprint density at radius 2 is 2.18 bits per heavy atom. The lowest BCUT2D eigenvalue weighted by Crippen LogP contribution is -2.19. The van der Waals surface area contributed by atoms with Gasteiger partial charge in [-0.05, 0) is 30.7 Å². The third kappa shape index (κ3) is 2.21. The first kappa shape index (κ1) is 10.8. The van der Waals surface area contributed by atoms with Gasteiger partial charge >= 0.3 is 0 Å². The fraction of sp³-hybridized carbons (Fsp3) is 0.533. The molecule has 1 aromatic carbocycles. The van der Waals surface area contributed by atoms with Gasteiger partial charge in [0.1, 0.15) is 0 Å². The topological polar surface area (TPSA) is 17.8 Å². The maximum Gasteiger partial charge on any atom is 0.0682 e. The Hall–Kier alpha value is -1.31. The number of benzene rings is 1. The third-order valence-corrected chi connectivity index (χ3v) is 4.03. The van der Waals surface area contributed by atoms with Crippen LogP contribution in [0, 0.1) is 11.8 Å². The molecule has 1 fully saturated rings. The van der Waals surface area contributed by atoms with Crippen LogP contribution in [-0.2, 0) is 6.54 Å². The number of fused-ring (bicyclic) bond motifs is 1. The first-order chi connectivity index (χ1) is 8.33. The Bertz CT molecular complexity index is 500. The predicted molar refractivity (Wildman–Crippen MR) is 70.9 cm³/mol. The van der Waals surface area contributed by atoms with Crippen molar-refractivity contribution in [2.24, 2.45) is 11.8 Å². The molecule has 0 amide bonds. The van der Waals surface area contributed by atoms with E-state index in [1.54, 1.807) is 0 Å². The summed E-state index contributed by atoms with van der Waals surface area (Å²) in [6, 6.07) is 8.50. The monoisotopic (exact) mass is 228 g/mol. The molecule has 1 aromatic heterocycles. The van der Waals surface area contributed by atoms with Crippen LogP contribution in [0.5, 0.6) is 0 Å². The molecule has 0 radical (unpaired) electrons. The molecular weight excluding hydrogens is 208 g/mol. The number of rotatable bonds is 2. The van der Waals surface area contributed by atoms with Crippen molar-refractivity contribution in [2.75, 3.05) is 0 Å². The van der Waals surface area contributed by atoms with Gasteiger partial charge in [0.15, 0.2) is 0 Å². The van der Waals surface area contributed by atoms with Crippen molar-refractivity contribution < 1.29 is 0 Å². The average Bonchev–Trinajstić information content (AvgIpc) is 2.73. The van der Waals surface area contributed by atoms with Crippen molar-refractivity contribution in [3.05, 3.63) is 30.5 Å². The average molecular weight is 228 g/mol. The lowest BCUT2D eigenvalue weighted by atomic mass is 9.82. The largest absolute Gasteiger partial charge is 0.265 e. The van der Waals surface area contributed by atoms with Crippen molar-refractivity contribution in [3.8, 4) is 0 Å². The maximum absolute atomic E-state index is 4.53. The zero-order valence-electron chi connectivity index (χ0n) is 10.5. The molecule has 2 atom stereocenters. The number of hydrogen-bond donors (Lipinski definition) is 0. The summed E-state index contributed by atoms with van der Waals surface area (Å²) in [5, 5.41) is 5.79. The Balaban J connectivity index is 1.80. The minimum Gasteiger partial charge on any atom is -0.265 e. The van der Waals surface area contributed by atoms with Crippen LogP contribution in [0.15, 0.2) is 30.5 Å². The van der Waals surface area contributed by atoms with E-state index in [0.29, 0.717) is 0 Å². The Morgan fingerprint density at radius 1 is 1.29 bits per heavy atom. The second kappa shape index (κ2) is 4.52. The molecule has 2 heteroatoms. The molecule has 1 saturated carbocycles. The van der Waals surface area contributed by atoms with Crippen molar-refractivity contribution in [1.29, 1.82) is 0 Å². The standard InChI is InChI=1S/C15H20N2/c1-12-5-4-6-13(9-12)11-17-15-8-3-2-7-14(15)10-16-17/h2-3,7-8,10,12-13H,4-6,9,11H2,1H3. The Kier molecular flexibility index (Phi) is 2.87. The van der Waals surface area contributed by atoms with Gasteiger partial charge in [-0.3, -0.25) is 4.68 Å². The summed E-state index contributed by atoms with van der Waals surface area (Å²) in [6.07, 6.45) is 7.54. The predicted octanol–water partition coefficient (Wildman–Crippen LogP) is 3.86. The summed E-state index contributed by atoms with van der Waals surface area (Å²) in [6.45, 7) is 3.48. The van der Waals surface area contributed by atoms with E-state index in [0.717, 1.165) is 18.4 Å². The number of para-hydroxylation sites is 1. The highest BCUT2D eigenvalue weighted by Gasteiger charge is 2.19. The van der Waals surface area contributed by atoms with E-state index < -0.39 is 0 Å². The lowest BCUT2D eigenvalue weighted by Gasteiger charge is -2.26. The van der Waals surface area contributed by atoms with Crippen molar-refractivity contribution in [3.63, 3.8) is 0 Å². The molecule has 2 nitrogen and oxygen atoms in total. The van der Waals surface area contributed by atoms with Crippen molar-refractivity contribution in [2.45, 2.75) is 39.2 Å². The van der Waals surface area contributed by atoms with Crippen LogP contribution >= 0.6 is 0 Å². The molecular formula is C15H20N2. The molecule has 0 bridgehead atoms. The van der Waals surface area contributed by atoms with Crippen LogP contribution < -0.4 is 0 Å². The quantitative estimate of drug-likeness (QED) is 0.763. The van der Waals surface area contributed by atoms with Gasteiger partial charge in [0.25, 0.3) is 0 Å². The van der Waals surface area contributed by atoms with Crippen LogP contribution in [0.25, 0.3) is 10.9 Å². The molecule has 90 valence electrons. The zero-order valence-corrected chi connectivity index (χ0v) is 10.5. The van der Waals surface area contributed by atoms with Crippen LogP contribution in [0.1, 0.15) is 32.6 Å². The smallest absolute Gasteiger partial charge is 0.0682 e. The SMILES string of the molecule is CC1CCCC(Cn2ncc3ccccc32)C1. The van der Waals surface area contributed by atoms with Crippen LogP contribution in [0.2, 0.25) is 0 Å². The van der Waals surface area contributed by atoms with Crippen molar-refractivity contribution >= 4 is 10.9 Å². The summed E-state index contributed by atoms with van der Waals surface area (Å²) in [7, 11) is 0. The highest BCUT2D eigenvalue weighted by molar-refractivity contribution is 5.78. The maximum atomic E-state index is 4.53. The molecule has 3 rings (SSSR count). The molecule has 1 heterocycles. The Labute approximate surface area is 103 Å². The van der Waals surface area contributed by atoms with Gasteiger partial charge < -0.3 is 0 Å². The third-order valence-electron chi connectivity index (χ3n) is 4.03. The molecule has 0 saturated heterocycles. The van der Waals surface area contributed by atoms with Crippen LogP contribution in [-0.4, -0.2) is 9.78 Å². The summed E-state index contributed by atoms with van der Waals surface area (Å²) >= 11 is 0. The minimum atomic E-state index is 0.821. The van der Waals surface area contributed by atoms with Gasteiger partial charge in [-0.25, -0.2) is 0 Å². The fourth-order valence-electron chi connectivity index (χ4n) is 3.14. The van der Waals surface area contributed by atoms with E-state index in [2.05, 4.69) is 41.0 Å². The molecule has 1 aliphatic carbocycles. The first-order valence-electron chi connectivity index (χ1n) is 6.73. The molecule has 0 spiro atoms. The lowest BCUT2D eigenvalue weighted by molar-refractivity contribution is 0.252. The summed E-state index contributed by atoms with van der Waals surface area (Å²) < 4.78 is 2.19. The number of hydrogen-bond acceptors (Lipinski definition) is 1. The van der Waals surface area contributed by atoms with E-state index in [-0.39, 0.29) is 0 Å². The van der Waals surface area contributed by atoms with E-state index in [9.17, 15) is 0 Å². The molecule has 0 N–H and O–H groups in total. The van der Waals surface area contributed by atoms with E-state index in [1.165, 1.54) is 36.6 Å². The molecule has 17 heavy (non-hydrogen) atoms. The molecule has 1 aliphatic rings. The van der Waals surface area contributed by atoms with Crippen LogP contribution in [0.4, 0.5) is 0 Å². The van der Waals surface area contributed by atoms with Gasteiger partial charge in [-0.1, -0.05) is 38.0 Å². The van der Waals surface area contributed by atoms with E-state index in [4.69, 9.17) is 0 Å².